The predicted molar refractivity (Wildman–Crippen MR) is 99.1 cm³/mol. The topological polar surface area (TPSA) is 85.1 Å². The average Bonchev–Trinajstić information content (AvgIpc) is 2.62. The zero-order chi connectivity index (χ0) is 18.8. The van der Waals surface area contributed by atoms with E-state index in [2.05, 4.69) is 10.3 Å². The van der Waals surface area contributed by atoms with Gasteiger partial charge in [-0.15, -0.1) is 0 Å². The highest BCUT2D eigenvalue weighted by Crippen LogP contribution is 2.37. The van der Waals surface area contributed by atoms with Crippen molar-refractivity contribution < 1.29 is 14.0 Å². The van der Waals surface area contributed by atoms with Gasteiger partial charge in [-0.05, 0) is 30.0 Å². The van der Waals surface area contributed by atoms with E-state index >= 15 is 0 Å². The molecule has 5 nitrogen and oxygen atoms in total. The van der Waals surface area contributed by atoms with Crippen molar-refractivity contribution >= 4 is 40.0 Å². The van der Waals surface area contributed by atoms with Crippen molar-refractivity contribution in [3.8, 4) is 11.1 Å². The van der Waals surface area contributed by atoms with Crippen molar-refractivity contribution in [2.75, 3.05) is 5.32 Å². The van der Waals surface area contributed by atoms with Crippen LogP contribution in [0.2, 0.25) is 5.15 Å². The molecule has 1 atom stereocenters. The molecule has 2 aromatic carbocycles. The molecule has 1 aromatic heterocycles. The summed E-state index contributed by atoms with van der Waals surface area (Å²) < 4.78 is 13.3. The Morgan fingerprint density at radius 3 is 2.35 bits per heavy atom. The first-order valence-electron chi connectivity index (χ1n) is 7.83. The third kappa shape index (κ3) is 3.36. The van der Waals surface area contributed by atoms with Gasteiger partial charge in [0.2, 0.25) is 11.8 Å². The highest BCUT2D eigenvalue weighted by atomic mass is 35.5. The third-order valence-electron chi connectivity index (χ3n) is 4.06. The van der Waals surface area contributed by atoms with Gasteiger partial charge in [-0.1, -0.05) is 48.0 Å². The van der Waals surface area contributed by atoms with E-state index in [0.717, 1.165) is 5.39 Å². The standard InChI is InChI=1S/C19H15ClFN3O2/c1-10(17(22)25)19(26)24-18-15(11-6-8-12(21)9-7-11)13-4-2-3-5-14(13)16(20)23-18/h2-10H,1H3,(H2,22,25)(H,23,24,26). The van der Waals surface area contributed by atoms with Crippen molar-refractivity contribution in [3.05, 3.63) is 59.5 Å². The van der Waals surface area contributed by atoms with Crippen LogP contribution in [0.5, 0.6) is 0 Å². The predicted octanol–water partition coefficient (Wildman–Crippen LogP) is 3.75. The number of carbonyl (C=O) groups excluding carboxylic acids is 2. The molecule has 7 heteroatoms. The summed E-state index contributed by atoms with van der Waals surface area (Å²) >= 11 is 6.26. The number of rotatable bonds is 4. The van der Waals surface area contributed by atoms with Crippen molar-refractivity contribution in [2.45, 2.75) is 6.92 Å². The van der Waals surface area contributed by atoms with Crippen molar-refractivity contribution in [1.82, 2.24) is 4.98 Å². The molecule has 2 amide bonds. The Balaban J connectivity index is 2.21. The molecule has 0 spiro atoms. The van der Waals surface area contributed by atoms with E-state index in [1.807, 2.05) is 18.2 Å². The van der Waals surface area contributed by atoms with E-state index in [1.165, 1.54) is 19.1 Å². The van der Waals surface area contributed by atoms with E-state index in [0.29, 0.717) is 16.5 Å². The zero-order valence-electron chi connectivity index (χ0n) is 13.8. The highest BCUT2D eigenvalue weighted by molar-refractivity contribution is 6.35. The number of aromatic nitrogens is 1. The molecule has 132 valence electrons. The molecule has 0 aliphatic rings. The van der Waals surface area contributed by atoms with E-state index in [1.54, 1.807) is 18.2 Å². The van der Waals surface area contributed by atoms with E-state index < -0.39 is 17.7 Å². The summed E-state index contributed by atoms with van der Waals surface area (Å²) in [7, 11) is 0. The maximum absolute atomic E-state index is 13.3. The smallest absolute Gasteiger partial charge is 0.237 e. The number of anilines is 1. The SMILES string of the molecule is CC(C(N)=O)C(=O)Nc1nc(Cl)c2ccccc2c1-c1ccc(F)cc1. The molecule has 1 unspecified atom stereocenters. The molecule has 26 heavy (non-hydrogen) atoms. The lowest BCUT2D eigenvalue weighted by Gasteiger charge is -2.16. The van der Waals surface area contributed by atoms with Crippen LogP contribution in [0.1, 0.15) is 6.92 Å². The molecule has 0 bridgehead atoms. The van der Waals surface area contributed by atoms with Crippen LogP contribution in [0.15, 0.2) is 48.5 Å². The normalized spacial score (nSPS) is 12.0. The number of carbonyl (C=O) groups is 2. The molecule has 0 fully saturated rings. The van der Waals surface area contributed by atoms with Crippen molar-refractivity contribution in [2.24, 2.45) is 11.7 Å². The van der Waals surface area contributed by atoms with E-state index in [-0.39, 0.29) is 16.8 Å². The number of pyridine rings is 1. The summed E-state index contributed by atoms with van der Waals surface area (Å²) in [5.74, 6) is -2.59. The Bertz CT molecular complexity index is 1010. The first-order chi connectivity index (χ1) is 12.4. The van der Waals surface area contributed by atoms with Gasteiger partial charge in [-0.2, -0.15) is 0 Å². The molecule has 1 heterocycles. The Hall–Kier alpha value is -2.99. The third-order valence-corrected chi connectivity index (χ3v) is 4.35. The average molecular weight is 372 g/mol. The van der Waals surface area contributed by atoms with Gasteiger partial charge in [0.1, 0.15) is 22.7 Å². The number of nitrogens with zero attached hydrogens (tertiary/aromatic N) is 1. The summed E-state index contributed by atoms with van der Waals surface area (Å²) in [6, 6.07) is 13.1. The number of nitrogens with two attached hydrogens (primary N) is 1. The lowest BCUT2D eigenvalue weighted by molar-refractivity contribution is -0.129. The van der Waals surface area contributed by atoms with Crippen molar-refractivity contribution in [3.63, 3.8) is 0 Å². The molecular formula is C19H15ClFN3O2. The maximum Gasteiger partial charge on any atom is 0.237 e. The van der Waals surface area contributed by atoms with E-state index in [9.17, 15) is 14.0 Å². The van der Waals surface area contributed by atoms with Gasteiger partial charge in [0.15, 0.2) is 0 Å². The number of hydrogen-bond acceptors (Lipinski definition) is 3. The van der Waals surface area contributed by atoms with Crippen LogP contribution in [-0.4, -0.2) is 16.8 Å². The van der Waals surface area contributed by atoms with Gasteiger partial charge in [0.05, 0.1) is 0 Å². The largest absolute Gasteiger partial charge is 0.369 e. The van der Waals surface area contributed by atoms with Crippen LogP contribution in [0, 0.1) is 11.7 Å². The Labute approximate surface area is 154 Å². The van der Waals surface area contributed by atoms with Gasteiger partial charge in [-0.3, -0.25) is 9.59 Å². The van der Waals surface area contributed by atoms with Gasteiger partial charge in [0.25, 0.3) is 0 Å². The molecule has 0 aliphatic heterocycles. The highest BCUT2D eigenvalue weighted by Gasteiger charge is 2.22. The molecular weight excluding hydrogens is 357 g/mol. The molecule has 0 radical (unpaired) electrons. The van der Waals surface area contributed by atoms with Crippen LogP contribution in [-0.2, 0) is 9.59 Å². The number of nitrogens with one attached hydrogen (secondary N) is 1. The lowest BCUT2D eigenvalue weighted by atomic mass is 9.99. The fraction of sp³-hybridized carbons (Fsp3) is 0.105. The summed E-state index contributed by atoms with van der Waals surface area (Å²) in [6.07, 6.45) is 0. The molecule has 0 saturated heterocycles. The first-order valence-corrected chi connectivity index (χ1v) is 8.20. The zero-order valence-corrected chi connectivity index (χ0v) is 14.5. The van der Waals surface area contributed by atoms with Crippen LogP contribution >= 0.6 is 11.6 Å². The Kier molecular flexibility index (Phi) is 4.86. The molecule has 3 aromatic rings. The Morgan fingerprint density at radius 2 is 1.73 bits per heavy atom. The summed E-state index contributed by atoms with van der Waals surface area (Å²) in [4.78, 5) is 27.8. The second-order valence-electron chi connectivity index (χ2n) is 5.79. The quantitative estimate of drug-likeness (QED) is 0.541. The van der Waals surface area contributed by atoms with Crippen LogP contribution in [0.25, 0.3) is 21.9 Å². The minimum absolute atomic E-state index is 0.179. The lowest BCUT2D eigenvalue weighted by Crippen LogP contribution is -2.32. The van der Waals surface area contributed by atoms with Gasteiger partial charge >= 0.3 is 0 Å². The molecule has 0 aliphatic carbocycles. The summed E-state index contributed by atoms with van der Waals surface area (Å²) in [5, 5.41) is 4.24. The second kappa shape index (κ2) is 7.09. The number of hydrogen-bond donors (Lipinski definition) is 2. The minimum atomic E-state index is -1.04. The van der Waals surface area contributed by atoms with Gasteiger partial charge in [-0.25, -0.2) is 9.37 Å². The second-order valence-corrected chi connectivity index (χ2v) is 6.15. The van der Waals surface area contributed by atoms with Crippen LogP contribution in [0.3, 0.4) is 0 Å². The minimum Gasteiger partial charge on any atom is -0.369 e. The van der Waals surface area contributed by atoms with Crippen LogP contribution < -0.4 is 11.1 Å². The first kappa shape index (κ1) is 17.8. The fourth-order valence-electron chi connectivity index (χ4n) is 2.58. The number of fused-ring (bicyclic) bond motifs is 1. The molecule has 0 saturated carbocycles. The Morgan fingerprint density at radius 1 is 1.12 bits per heavy atom. The maximum atomic E-state index is 13.3. The molecule has 3 N–H and O–H groups in total. The summed E-state index contributed by atoms with van der Waals surface area (Å²) in [5.41, 5.74) is 6.41. The number of benzene rings is 2. The number of halogens is 2. The van der Waals surface area contributed by atoms with Crippen molar-refractivity contribution in [1.29, 1.82) is 0 Å². The monoisotopic (exact) mass is 371 g/mol. The van der Waals surface area contributed by atoms with Gasteiger partial charge < -0.3 is 11.1 Å². The fourth-order valence-corrected chi connectivity index (χ4v) is 2.83. The summed E-state index contributed by atoms with van der Waals surface area (Å²) in [6.45, 7) is 1.40. The van der Waals surface area contributed by atoms with E-state index in [4.69, 9.17) is 17.3 Å². The van der Waals surface area contributed by atoms with Gasteiger partial charge in [0, 0.05) is 10.9 Å². The number of primary amides is 1. The number of amides is 2. The van der Waals surface area contributed by atoms with Crippen LogP contribution in [0.4, 0.5) is 10.2 Å². The molecule has 3 rings (SSSR count).